The Hall–Kier alpha value is -2.72. The molecule has 1 atom stereocenters. The number of rotatable bonds is 7. The molecular formula is C22H30N6O3S. The van der Waals surface area contributed by atoms with Gasteiger partial charge >= 0.3 is 0 Å². The van der Waals surface area contributed by atoms with Crippen LogP contribution in [-0.4, -0.2) is 52.1 Å². The maximum atomic E-state index is 12.7. The van der Waals surface area contributed by atoms with Crippen molar-refractivity contribution >= 4 is 27.0 Å². The summed E-state index contributed by atoms with van der Waals surface area (Å²) in [6, 6.07) is 5.00. The van der Waals surface area contributed by atoms with Crippen LogP contribution in [-0.2, 0) is 41.3 Å². The first kappa shape index (κ1) is 22.5. The van der Waals surface area contributed by atoms with E-state index >= 15 is 0 Å². The van der Waals surface area contributed by atoms with E-state index in [1.807, 2.05) is 29.4 Å². The van der Waals surface area contributed by atoms with Crippen molar-refractivity contribution in [1.82, 2.24) is 29.0 Å². The van der Waals surface area contributed by atoms with Crippen LogP contribution in [0.1, 0.15) is 49.3 Å². The molecule has 9 nitrogen and oxygen atoms in total. The average Bonchev–Trinajstić information content (AvgIpc) is 3.32. The molecular weight excluding hydrogens is 428 g/mol. The van der Waals surface area contributed by atoms with Gasteiger partial charge in [0.2, 0.25) is 15.9 Å². The van der Waals surface area contributed by atoms with E-state index in [0.717, 1.165) is 36.2 Å². The Morgan fingerprint density at radius 1 is 1.31 bits per heavy atom. The second kappa shape index (κ2) is 8.67. The second-order valence-electron chi connectivity index (χ2n) is 8.39. The van der Waals surface area contributed by atoms with Crippen molar-refractivity contribution in [2.45, 2.75) is 56.5 Å². The molecule has 0 aliphatic heterocycles. The topological polar surface area (TPSA) is 102 Å². The Balaban J connectivity index is 1.50. The Kier molecular flexibility index (Phi) is 6.09. The number of amides is 1. The van der Waals surface area contributed by atoms with Crippen LogP contribution >= 0.6 is 0 Å². The molecule has 4 rings (SSSR count). The standard InChI is InChI=1S/C22H30N6O3S/c1-5-28-20-10-9-15(32(30,31)26(2)3)13-18(20)24-21(28)11-12-22(29)25-17-7-6-8-19-16(17)14-23-27(19)4/h9-10,13-14,17H,5-8,11-12H2,1-4H3,(H,25,29). The van der Waals surface area contributed by atoms with Gasteiger partial charge in [0.05, 0.1) is 28.2 Å². The lowest BCUT2D eigenvalue weighted by atomic mass is 9.93. The van der Waals surface area contributed by atoms with Crippen molar-refractivity contribution in [3.63, 3.8) is 0 Å². The largest absolute Gasteiger partial charge is 0.349 e. The summed E-state index contributed by atoms with van der Waals surface area (Å²) in [5.74, 6) is 0.764. The summed E-state index contributed by atoms with van der Waals surface area (Å²) >= 11 is 0. The first-order valence-electron chi connectivity index (χ1n) is 10.9. The number of benzene rings is 1. The van der Waals surface area contributed by atoms with Crippen molar-refractivity contribution in [3.05, 3.63) is 41.5 Å². The Bertz CT molecular complexity index is 1260. The van der Waals surface area contributed by atoms with E-state index in [4.69, 9.17) is 0 Å². The third-order valence-electron chi connectivity index (χ3n) is 6.18. The molecule has 2 aromatic heterocycles. The molecule has 1 amide bonds. The van der Waals surface area contributed by atoms with E-state index in [1.165, 1.54) is 24.1 Å². The minimum absolute atomic E-state index is 0.00346. The summed E-state index contributed by atoms with van der Waals surface area (Å²) in [6.07, 6.45) is 5.59. The fourth-order valence-electron chi connectivity index (χ4n) is 4.42. The van der Waals surface area contributed by atoms with Gasteiger partial charge in [-0.25, -0.2) is 17.7 Å². The number of hydrogen-bond donors (Lipinski definition) is 1. The zero-order chi connectivity index (χ0) is 23.0. The van der Waals surface area contributed by atoms with Gasteiger partial charge in [-0.2, -0.15) is 5.10 Å². The maximum Gasteiger partial charge on any atom is 0.242 e. The highest BCUT2D eigenvalue weighted by atomic mass is 32.2. The molecule has 1 aliphatic rings. The van der Waals surface area contributed by atoms with Crippen molar-refractivity contribution in [2.75, 3.05) is 14.1 Å². The number of nitrogens with one attached hydrogen (secondary N) is 1. The molecule has 1 unspecified atom stereocenters. The molecule has 0 radical (unpaired) electrons. The average molecular weight is 459 g/mol. The van der Waals surface area contributed by atoms with Crippen LogP contribution in [0.5, 0.6) is 0 Å². The monoisotopic (exact) mass is 458 g/mol. The van der Waals surface area contributed by atoms with Crippen molar-refractivity contribution in [1.29, 1.82) is 0 Å². The van der Waals surface area contributed by atoms with Gasteiger partial charge in [0, 0.05) is 51.8 Å². The number of carbonyl (C=O) groups is 1. The molecule has 1 N–H and O–H groups in total. The number of nitrogens with zero attached hydrogens (tertiary/aromatic N) is 5. The minimum atomic E-state index is -3.53. The van der Waals surface area contributed by atoms with Crippen molar-refractivity contribution in [2.24, 2.45) is 7.05 Å². The highest BCUT2D eigenvalue weighted by molar-refractivity contribution is 7.89. The Morgan fingerprint density at radius 3 is 2.81 bits per heavy atom. The molecule has 10 heteroatoms. The van der Waals surface area contributed by atoms with Crippen molar-refractivity contribution in [3.8, 4) is 0 Å². The molecule has 3 aromatic rings. The number of sulfonamides is 1. The normalized spacial score (nSPS) is 16.5. The summed E-state index contributed by atoms with van der Waals surface area (Å²) in [6.45, 7) is 2.70. The number of hydrogen-bond acceptors (Lipinski definition) is 5. The van der Waals surface area contributed by atoms with Gasteiger partial charge in [-0.1, -0.05) is 0 Å². The lowest BCUT2D eigenvalue weighted by Crippen LogP contribution is -2.31. The highest BCUT2D eigenvalue weighted by Crippen LogP contribution is 2.29. The van der Waals surface area contributed by atoms with Gasteiger partial charge < -0.3 is 9.88 Å². The van der Waals surface area contributed by atoms with E-state index in [9.17, 15) is 13.2 Å². The van der Waals surface area contributed by atoms with Crippen molar-refractivity contribution < 1.29 is 13.2 Å². The van der Waals surface area contributed by atoms with Crippen LogP contribution in [0, 0.1) is 0 Å². The molecule has 0 spiro atoms. The third-order valence-corrected chi connectivity index (χ3v) is 7.99. The Morgan fingerprint density at radius 2 is 2.09 bits per heavy atom. The highest BCUT2D eigenvalue weighted by Gasteiger charge is 2.25. The summed E-state index contributed by atoms with van der Waals surface area (Å²) in [5, 5.41) is 7.49. The third kappa shape index (κ3) is 4.04. The second-order valence-corrected chi connectivity index (χ2v) is 10.5. The lowest BCUT2D eigenvalue weighted by molar-refractivity contribution is -0.121. The number of fused-ring (bicyclic) bond motifs is 2. The SMILES string of the molecule is CCn1c(CCC(=O)NC2CCCc3c2cnn3C)nc2cc(S(=O)(=O)N(C)C)ccc21. The minimum Gasteiger partial charge on any atom is -0.349 e. The van der Waals surface area contributed by atoms with Crippen LogP contribution < -0.4 is 5.32 Å². The Labute approximate surface area is 188 Å². The van der Waals surface area contributed by atoms with Gasteiger partial charge in [-0.15, -0.1) is 0 Å². The summed E-state index contributed by atoms with van der Waals surface area (Å²) in [5.41, 5.74) is 3.80. The summed E-state index contributed by atoms with van der Waals surface area (Å²) in [4.78, 5) is 17.6. The first-order valence-corrected chi connectivity index (χ1v) is 12.4. The molecule has 32 heavy (non-hydrogen) atoms. The molecule has 0 fully saturated rings. The zero-order valence-electron chi connectivity index (χ0n) is 19.0. The van der Waals surface area contributed by atoms with Gasteiger partial charge in [0.25, 0.3) is 0 Å². The molecule has 2 heterocycles. The van der Waals surface area contributed by atoms with Crippen LogP contribution in [0.2, 0.25) is 0 Å². The quantitative estimate of drug-likeness (QED) is 0.585. The van der Waals surface area contributed by atoms with E-state index < -0.39 is 10.0 Å². The van der Waals surface area contributed by atoms with Gasteiger partial charge in [0.1, 0.15) is 5.82 Å². The van der Waals surface area contributed by atoms with Crippen LogP contribution in [0.3, 0.4) is 0 Å². The molecule has 0 saturated carbocycles. The molecule has 0 saturated heterocycles. The van der Waals surface area contributed by atoms with E-state index in [-0.39, 0.29) is 16.8 Å². The predicted molar refractivity (Wildman–Crippen MR) is 122 cm³/mol. The number of aryl methyl sites for hydroxylation is 3. The number of aromatic nitrogens is 4. The van der Waals surface area contributed by atoms with Gasteiger partial charge in [-0.3, -0.25) is 9.48 Å². The number of imidazole rings is 1. The number of carbonyl (C=O) groups excluding carboxylic acids is 1. The lowest BCUT2D eigenvalue weighted by Gasteiger charge is -2.23. The molecule has 0 bridgehead atoms. The summed E-state index contributed by atoms with van der Waals surface area (Å²) < 4.78 is 30.0. The fraction of sp³-hybridized carbons (Fsp3) is 0.500. The predicted octanol–water partition coefficient (Wildman–Crippen LogP) is 2.17. The van der Waals surface area contributed by atoms with Crippen LogP contribution in [0.15, 0.2) is 29.3 Å². The smallest absolute Gasteiger partial charge is 0.242 e. The van der Waals surface area contributed by atoms with E-state index in [1.54, 1.807) is 18.2 Å². The van der Waals surface area contributed by atoms with Crippen LogP contribution in [0.4, 0.5) is 0 Å². The first-order chi connectivity index (χ1) is 15.2. The van der Waals surface area contributed by atoms with Gasteiger partial charge in [-0.05, 0) is 44.4 Å². The van der Waals surface area contributed by atoms with Crippen LogP contribution in [0.25, 0.3) is 11.0 Å². The zero-order valence-corrected chi connectivity index (χ0v) is 19.8. The molecule has 1 aromatic carbocycles. The van der Waals surface area contributed by atoms with E-state index in [2.05, 4.69) is 15.4 Å². The fourth-order valence-corrected chi connectivity index (χ4v) is 5.34. The maximum absolute atomic E-state index is 12.7. The molecule has 1 aliphatic carbocycles. The summed E-state index contributed by atoms with van der Waals surface area (Å²) in [7, 11) is 1.43. The van der Waals surface area contributed by atoms with E-state index in [0.29, 0.717) is 24.9 Å². The van der Waals surface area contributed by atoms with Gasteiger partial charge in [0.15, 0.2) is 0 Å². The molecule has 172 valence electrons.